The number of ether oxygens (including phenoxy) is 2. The summed E-state index contributed by atoms with van der Waals surface area (Å²) in [4.78, 5) is 45.5. The quantitative estimate of drug-likeness (QED) is 0.0265. The van der Waals surface area contributed by atoms with Crippen molar-refractivity contribution >= 4 is 25.7 Å². The maximum Gasteiger partial charge on any atom is 0.472 e. The van der Waals surface area contributed by atoms with Crippen LogP contribution in [0.25, 0.3) is 0 Å². The van der Waals surface area contributed by atoms with Crippen LogP contribution in [0.1, 0.15) is 155 Å². The molecule has 46 heavy (non-hydrogen) atoms. The van der Waals surface area contributed by atoms with Gasteiger partial charge < -0.3 is 25.2 Å². The number of carboxylic acids is 1. The largest absolute Gasteiger partial charge is 0.480 e. The summed E-state index contributed by atoms with van der Waals surface area (Å²) in [6, 6.07) is -1.52. The predicted molar refractivity (Wildman–Crippen MR) is 180 cm³/mol. The topological polar surface area (TPSA) is 172 Å². The number of hydrogen-bond donors (Lipinski definition) is 3. The van der Waals surface area contributed by atoms with Crippen LogP contribution in [-0.2, 0) is 37.5 Å². The normalized spacial score (nSPS) is 14.2. The van der Waals surface area contributed by atoms with Crippen LogP contribution in [-0.4, -0.2) is 59.9 Å². The molecule has 3 atom stereocenters. The van der Waals surface area contributed by atoms with Crippen molar-refractivity contribution in [3.63, 3.8) is 0 Å². The number of carbonyl (C=O) groups is 3. The fraction of sp³-hybridized carbons (Fsp3) is 0.853. The summed E-state index contributed by atoms with van der Waals surface area (Å²) < 4.78 is 32.4. The van der Waals surface area contributed by atoms with Crippen LogP contribution in [0.3, 0.4) is 0 Å². The van der Waals surface area contributed by atoms with Gasteiger partial charge in [-0.1, -0.05) is 116 Å². The lowest BCUT2D eigenvalue weighted by Gasteiger charge is -2.20. The zero-order valence-electron chi connectivity index (χ0n) is 28.7. The second-order valence-corrected chi connectivity index (χ2v) is 13.5. The van der Waals surface area contributed by atoms with Gasteiger partial charge in [-0.15, -0.1) is 0 Å². The number of allylic oxidation sites excluding steroid dienone is 2. The minimum Gasteiger partial charge on any atom is -0.480 e. The highest BCUT2D eigenvalue weighted by atomic mass is 31.2. The third-order valence-electron chi connectivity index (χ3n) is 7.51. The third kappa shape index (κ3) is 29.6. The molecule has 12 heteroatoms. The van der Waals surface area contributed by atoms with E-state index < -0.39 is 51.1 Å². The first-order valence-corrected chi connectivity index (χ1v) is 19.2. The van der Waals surface area contributed by atoms with Crippen LogP contribution < -0.4 is 5.73 Å². The number of hydrogen-bond acceptors (Lipinski definition) is 9. The maximum absolute atomic E-state index is 12.5. The highest BCUT2D eigenvalue weighted by Crippen LogP contribution is 2.43. The van der Waals surface area contributed by atoms with E-state index in [1.54, 1.807) is 0 Å². The van der Waals surface area contributed by atoms with Gasteiger partial charge in [0, 0.05) is 12.8 Å². The summed E-state index contributed by atoms with van der Waals surface area (Å²) in [6.45, 7) is 2.72. The molecule has 0 radical (unpaired) electrons. The Kier molecular flexibility index (Phi) is 29.4. The SMILES string of the molecule is CCCCCC/C=C\CCCCCCCC(=O)OC[C@H](COP(=O)(O)OC[C@H](N)C(=O)O)OC(=O)CCCCCCCCCCC. The van der Waals surface area contributed by atoms with Crippen LogP contribution in [0, 0.1) is 0 Å². The Morgan fingerprint density at radius 1 is 0.652 bits per heavy atom. The smallest absolute Gasteiger partial charge is 0.472 e. The Hall–Kier alpha value is -1.78. The summed E-state index contributed by atoms with van der Waals surface area (Å²) in [6.07, 6.45) is 25.8. The van der Waals surface area contributed by atoms with Gasteiger partial charge in [0.05, 0.1) is 13.2 Å². The van der Waals surface area contributed by atoms with Crippen molar-refractivity contribution in [3.05, 3.63) is 12.2 Å². The minimum absolute atomic E-state index is 0.162. The van der Waals surface area contributed by atoms with Crippen LogP contribution in [0.15, 0.2) is 12.2 Å². The van der Waals surface area contributed by atoms with Crippen LogP contribution >= 0.6 is 7.82 Å². The van der Waals surface area contributed by atoms with Crippen molar-refractivity contribution in [2.45, 2.75) is 167 Å². The fourth-order valence-electron chi connectivity index (χ4n) is 4.65. The fourth-order valence-corrected chi connectivity index (χ4v) is 5.42. The molecule has 0 aliphatic heterocycles. The van der Waals surface area contributed by atoms with Gasteiger partial charge in [-0.05, 0) is 38.5 Å². The lowest BCUT2D eigenvalue weighted by atomic mass is 10.1. The average Bonchev–Trinajstić information content (AvgIpc) is 3.02. The number of unbranched alkanes of at least 4 members (excludes halogenated alkanes) is 17. The van der Waals surface area contributed by atoms with Gasteiger partial charge in [-0.25, -0.2) is 4.57 Å². The van der Waals surface area contributed by atoms with E-state index in [2.05, 4.69) is 30.5 Å². The first kappa shape index (κ1) is 44.2. The van der Waals surface area contributed by atoms with Gasteiger partial charge in [-0.3, -0.25) is 23.4 Å². The molecule has 0 aromatic carbocycles. The van der Waals surface area contributed by atoms with Gasteiger partial charge in [0.1, 0.15) is 12.6 Å². The van der Waals surface area contributed by atoms with Gasteiger partial charge in [0.15, 0.2) is 6.10 Å². The van der Waals surface area contributed by atoms with E-state index in [-0.39, 0.29) is 19.4 Å². The van der Waals surface area contributed by atoms with Crippen molar-refractivity contribution in [3.8, 4) is 0 Å². The molecule has 0 heterocycles. The third-order valence-corrected chi connectivity index (χ3v) is 8.46. The molecule has 0 amide bonds. The summed E-state index contributed by atoms with van der Waals surface area (Å²) in [5, 5.41) is 8.83. The van der Waals surface area contributed by atoms with Crippen LogP contribution in [0.2, 0.25) is 0 Å². The van der Waals surface area contributed by atoms with E-state index in [1.165, 1.54) is 57.8 Å². The van der Waals surface area contributed by atoms with Gasteiger partial charge in [0.25, 0.3) is 0 Å². The highest BCUT2D eigenvalue weighted by Gasteiger charge is 2.28. The Morgan fingerprint density at radius 2 is 1.09 bits per heavy atom. The summed E-state index contributed by atoms with van der Waals surface area (Å²) >= 11 is 0. The first-order valence-electron chi connectivity index (χ1n) is 17.7. The summed E-state index contributed by atoms with van der Waals surface area (Å²) in [7, 11) is -4.70. The van der Waals surface area contributed by atoms with Crippen molar-refractivity contribution in [2.24, 2.45) is 5.73 Å². The first-order chi connectivity index (χ1) is 22.1. The number of carbonyl (C=O) groups excluding carboxylic acids is 2. The molecule has 0 saturated carbocycles. The molecule has 11 nitrogen and oxygen atoms in total. The lowest BCUT2D eigenvalue weighted by molar-refractivity contribution is -0.161. The highest BCUT2D eigenvalue weighted by molar-refractivity contribution is 7.47. The number of esters is 2. The standard InChI is InChI=1S/C34H64NO10P/c1-3-5-7-9-11-13-14-15-16-18-19-21-23-25-32(36)42-27-30(28-43-46(40,41)44-29-31(35)34(38)39)45-33(37)26-24-22-20-17-12-10-8-6-4-2/h13-14,30-31H,3-12,15-29,35H2,1-2H3,(H,38,39)(H,40,41)/b14-13-/t30-,31+/m1/s1. The van der Waals surface area contributed by atoms with E-state index in [0.29, 0.717) is 12.8 Å². The van der Waals surface area contributed by atoms with E-state index in [1.807, 2.05) is 0 Å². The predicted octanol–water partition coefficient (Wildman–Crippen LogP) is 8.17. The second kappa shape index (κ2) is 30.5. The van der Waals surface area contributed by atoms with Crippen molar-refractivity contribution in [1.82, 2.24) is 0 Å². The number of nitrogens with two attached hydrogens (primary N) is 1. The molecular weight excluding hydrogens is 613 g/mol. The van der Waals surface area contributed by atoms with E-state index in [0.717, 1.165) is 57.8 Å². The molecule has 270 valence electrons. The number of carboxylic acid groups (broad SMARTS) is 1. The molecule has 0 aliphatic carbocycles. The van der Waals surface area contributed by atoms with E-state index in [4.69, 9.17) is 24.8 Å². The number of aliphatic carboxylic acids is 1. The monoisotopic (exact) mass is 677 g/mol. The molecule has 0 spiro atoms. The summed E-state index contributed by atoms with van der Waals surface area (Å²) in [5.41, 5.74) is 5.30. The number of phosphoric acid groups is 1. The zero-order chi connectivity index (χ0) is 34.3. The van der Waals surface area contributed by atoms with Crippen molar-refractivity contribution < 1.29 is 47.5 Å². The van der Waals surface area contributed by atoms with Crippen LogP contribution in [0.4, 0.5) is 0 Å². The minimum atomic E-state index is -4.70. The Labute approximate surface area is 278 Å². The lowest BCUT2D eigenvalue weighted by Crippen LogP contribution is -2.34. The number of phosphoric ester groups is 1. The molecule has 0 rings (SSSR count). The summed E-state index contributed by atoms with van der Waals surface area (Å²) in [5.74, 6) is -2.39. The van der Waals surface area contributed by atoms with E-state index >= 15 is 0 Å². The maximum atomic E-state index is 12.5. The Balaban J connectivity index is 4.47. The Morgan fingerprint density at radius 3 is 1.61 bits per heavy atom. The molecule has 1 unspecified atom stereocenters. The van der Waals surface area contributed by atoms with Crippen molar-refractivity contribution in [2.75, 3.05) is 19.8 Å². The molecule has 0 aromatic heterocycles. The van der Waals surface area contributed by atoms with Crippen LogP contribution in [0.5, 0.6) is 0 Å². The molecule has 0 fully saturated rings. The van der Waals surface area contributed by atoms with Crippen molar-refractivity contribution in [1.29, 1.82) is 0 Å². The zero-order valence-corrected chi connectivity index (χ0v) is 29.6. The average molecular weight is 678 g/mol. The van der Waals surface area contributed by atoms with Gasteiger partial charge in [0.2, 0.25) is 0 Å². The Bertz CT molecular complexity index is 854. The van der Waals surface area contributed by atoms with Gasteiger partial charge in [-0.2, -0.15) is 0 Å². The molecule has 0 bridgehead atoms. The molecule has 0 saturated heterocycles. The second-order valence-electron chi connectivity index (χ2n) is 12.0. The molecule has 0 aliphatic rings. The molecular formula is C34H64NO10P. The van der Waals surface area contributed by atoms with E-state index in [9.17, 15) is 23.8 Å². The van der Waals surface area contributed by atoms with Gasteiger partial charge >= 0.3 is 25.7 Å². The molecule has 4 N–H and O–H groups in total. The number of rotatable bonds is 33. The molecule has 0 aromatic rings.